The average molecular weight is 290 g/mol. The maximum absolute atomic E-state index is 12.7. The Kier molecular flexibility index (Phi) is 5.23. The van der Waals surface area contributed by atoms with E-state index in [9.17, 15) is 4.79 Å². The van der Waals surface area contributed by atoms with E-state index in [4.69, 9.17) is 4.74 Å². The third kappa shape index (κ3) is 3.56. The third-order valence-electron chi connectivity index (χ3n) is 4.40. The van der Waals surface area contributed by atoms with Crippen molar-refractivity contribution in [3.63, 3.8) is 0 Å². The van der Waals surface area contributed by atoms with Crippen molar-refractivity contribution < 1.29 is 9.53 Å². The van der Waals surface area contributed by atoms with Crippen LogP contribution in [-0.4, -0.2) is 26.1 Å². The van der Waals surface area contributed by atoms with Gasteiger partial charge in [0, 0.05) is 6.54 Å². The third-order valence-corrected chi connectivity index (χ3v) is 4.40. The van der Waals surface area contributed by atoms with E-state index in [0.717, 1.165) is 43.7 Å². The lowest BCUT2D eigenvalue weighted by Crippen LogP contribution is -2.43. The van der Waals surface area contributed by atoms with E-state index >= 15 is 0 Å². The van der Waals surface area contributed by atoms with Crippen LogP contribution in [0.3, 0.4) is 0 Å². The van der Waals surface area contributed by atoms with Gasteiger partial charge in [-0.15, -0.1) is 0 Å². The highest BCUT2D eigenvalue weighted by atomic mass is 16.5. The first kappa shape index (κ1) is 15.8. The van der Waals surface area contributed by atoms with Gasteiger partial charge in [0.1, 0.15) is 5.75 Å². The molecule has 4 nitrogen and oxygen atoms in total. The van der Waals surface area contributed by atoms with Crippen molar-refractivity contribution in [2.75, 3.05) is 20.2 Å². The van der Waals surface area contributed by atoms with Crippen molar-refractivity contribution in [1.29, 1.82) is 0 Å². The molecule has 2 rings (SSSR count). The fourth-order valence-corrected chi connectivity index (χ4v) is 3.09. The Hall–Kier alpha value is -1.55. The average Bonchev–Trinajstić information content (AvgIpc) is 2.97. The lowest BCUT2D eigenvalue weighted by molar-refractivity contribution is -0.131. The van der Waals surface area contributed by atoms with E-state index in [1.54, 1.807) is 7.11 Å². The van der Waals surface area contributed by atoms with Crippen LogP contribution in [0.4, 0.5) is 0 Å². The molecule has 0 saturated carbocycles. The Morgan fingerprint density at radius 1 is 1.52 bits per heavy atom. The molecule has 0 bridgehead atoms. The van der Waals surface area contributed by atoms with Crippen molar-refractivity contribution in [3.05, 3.63) is 29.8 Å². The van der Waals surface area contributed by atoms with Crippen molar-refractivity contribution in [1.82, 2.24) is 10.6 Å². The predicted octanol–water partition coefficient (Wildman–Crippen LogP) is 2.65. The molecule has 4 heteroatoms. The van der Waals surface area contributed by atoms with E-state index in [1.807, 2.05) is 31.2 Å². The summed E-state index contributed by atoms with van der Waals surface area (Å²) in [5, 5.41) is 6.51. The van der Waals surface area contributed by atoms with Gasteiger partial charge in [0.2, 0.25) is 5.91 Å². The topological polar surface area (TPSA) is 50.4 Å². The Labute approximate surface area is 127 Å². The number of benzene rings is 1. The Morgan fingerprint density at radius 3 is 2.95 bits per heavy atom. The SMILES string of the molecule is CCCC1(C(=O)NC(C)c2cccc(OC)c2)CCNC1. The van der Waals surface area contributed by atoms with Gasteiger partial charge < -0.3 is 15.4 Å². The highest BCUT2D eigenvalue weighted by molar-refractivity contribution is 5.83. The zero-order chi connectivity index (χ0) is 15.3. The van der Waals surface area contributed by atoms with Crippen LogP contribution in [0.15, 0.2) is 24.3 Å². The molecular weight excluding hydrogens is 264 g/mol. The monoisotopic (exact) mass is 290 g/mol. The largest absolute Gasteiger partial charge is 0.497 e. The normalized spacial score (nSPS) is 22.8. The first-order valence-electron chi connectivity index (χ1n) is 7.77. The van der Waals surface area contributed by atoms with Crippen LogP contribution < -0.4 is 15.4 Å². The fourth-order valence-electron chi connectivity index (χ4n) is 3.09. The van der Waals surface area contributed by atoms with Crippen LogP contribution in [0.25, 0.3) is 0 Å². The molecule has 1 aromatic rings. The number of carbonyl (C=O) groups is 1. The van der Waals surface area contributed by atoms with Gasteiger partial charge in [0.05, 0.1) is 18.6 Å². The summed E-state index contributed by atoms with van der Waals surface area (Å²) >= 11 is 0. The summed E-state index contributed by atoms with van der Waals surface area (Å²) in [5.74, 6) is 0.990. The molecule has 0 radical (unpaired) electrons. The molecule has 1 aliphatic heterocycles. The minimum Gasteiger partial charge on any atom is -0.497 e. The molecule has 1 aliphatic rings. The number of hydrogen-bond donors (Lipinski definition) is 2. The van der Waals surface area contributed by atoms with Gasteiger partial charge in [0.25, 0.3) is 0 Å². The second kappa shape index (κ2) is 6.94. The van der Waals surface area contributed by atoms with Gasteiger partial charge in [-0.1, -0.05) is 25.5 Å². The van der Waals surface area contributed by atoms with Gasteiger partial charge >= 0.3 is 0 Å². The zero-order valence-corrected chi connectivity index (χ0v) is 13.2. The molecule has 1 amide bonds. The molecule has 0 spiro atoms. The number of nitrogens with one attached hydrogen (secondary N) is 2. The molecule has 2 atom stereocenters. The second-order valence-corrected chi connectivity index (χ2v) is 5.93. The molecular formula is C17H26N2O2. The number of carbonyl (C=O) groups excluding carboxylic acids is 1. The van der Waals surface area contributed by atoms with Crippen LogP contribution in [0, 0.1) is 5.41 Å². The van der Waals surface area contributed by atoms with Gasteiger partial charge in [-0.3, -0.25) is 4.79 Å². The molecule has 116 valence electrons. The van der Waals surface area contributed by atoms with E-state index in [-0.39, 0.29) is 17.4 Å². The molecule has 2 N–H and O–H groups in total. The van der Waals surface area contributed by atoms with E-state index in [0.29, 0.717) is 0 Å². The van der Waals surface area contributed by atoms with E-state index in [1.165, 1.54) is 0 Å². The Morgan fingerprint density at radius 2 is 2.33 bits per heavy atom. The molecule has 0 aliphatic carbocycles. The first-order chi connectivity index (χ1) is 10.1. The van der Waals surface area contributed by atoms with Gasteiger partial charge in [-0.25, -0.2) is 0 Å². The lowest BCUT2D eigenvalue weighted by atomic mass is 9.81. The second-order valence-electron chi connectivity index (χ2n) is 5.93. The smallest absolute Gasteiger partial charge is 0.228 e. The number of hydrogen-bond acceptors (Lipinski definition) is 3. The minimum absolute atomic E-state index is 0.0121. The van der Waals surface area contributed by atoms with E-state index in [2.05, 4.69) is 17.6 Å². The first-order valence-corrected chi connectivity index (χ1v) is 7.77. The summed E-state index contributed by atoms with van der Waals surface area (Å²) in [4.78, 5) is 12.7. The summed E-state index contributed by atoms with van der Waals surface area (Å²) < 4.78 is 5.25. The Balaban J connectivity index is 2.06. The van der Waals surface area contributed by atoms with Gasteiger partial charge in [-0.2, -0.15) is 0 Å². The molecule has 1 fully saturated rings. The maximum atomic E-state index is 12.7. The van der Waals surface area contributed by atoms with Gasteiger partial charge in [0.15, 0.2) is 0 Å². The van der Waals surface area contributed by atoms with Crippen molar-refractivity contribution in [2.45, 2.75) is 39.2 Å². The van der Waals surface area contributed by atoms with Crippen LogP contribution >= 0.6 is 0 Å². The highest BCUT2D eigenvalue weighted by Crippen LogP contribution is 2.32. The number of ether oxygens (including phenoxy) is 1. The highest BCUT2D eigenvalue weighted by Gasteiger charge is 2.40. The molecule has 1 aromatic carbocycles. The summed E-state index contributed by atoms with van der Waals surface area (Å²) in [7, 11) is 1.66. The van der Waals surface area contributed by atoms with Crippen molar-refractivity contribution in [2.24, 2.45) is 5.41 Å². The molecule has 2 unspecified atom stereocenters. The lowest BCUT2D eigenvalue weighted by Gasteiger charge is -2.28. The minimum atomic E-state index is -0.234. The number of methoxy groups -OCH3 is 1. The van der Waals surface area contributed by atoms with E-state index < -0.39 is 0 Å². The molecule has 0 aromatic heterocycles. The maximum Gasteiger partial charge on any atom is 0.228 e. The van der Waals surface area contributed by atoms with Crippen LogP contribution in [-0.2, 0) is 4.79 Å². The molecule has 21 heavy (non-hydrogen) atoms. The number of rotatable bonds is 6. The van der Waals surface area contributed by atoms with Crippen LogP contribution in [0.2, 0.25) is 0 Å². The summed E-state index contributed by atoms with van der Waals surface area (Å²) in [6.07, 6.45) is 2.90. The quantitative estimate of drug-likeness (QED) is 0.847. The van der Waals surface area contributed by atoms with Gasteiger partial charge in [-0.05, 0) is 44.0 Å². The van der Waals surface area contributed by atoms with Crippen molar-refractivity contribution >= 4 is 5.91 Å². The predicted molar refractivity (Wildman–Crippen MR) is 84.4 cm³/mol. The van der Waals surface area contributed by atoms with Crippen LogP contribution in [0.5, 0.6) is 5.75 Å². The molecule has 1 saturated heterocycles. The van der Waals surface area contributed by atoms with Crippen molar-refractivity contribution in [3.8, 4) is 5.75 Å². The fraction of sp³-hybridized carbons (Fsp3) is 0.588. The van der Waals surface area contributed by atoms with Crippen LogP contribution in [0.1, 0.15) is 44.7 Å². The summed E-state index contributed by atoms with van der Waals surface area (Å²) in [6, 6.07) is 7.85. The summed E-state index contributed by atoms with van der Waals surface area (Å²) in [5.41, 5.74) is 0.835. The zero-order valence-electron chi connectivity index (χ0n) is 13.2. The summed E-state index contributed by atoms with van der Waals surface area (Å²) in [6.45, 7) is 5.88. The number of amides is 1. The Bertz CT molecular complexity index is 481. The molecule has 1 heterocycles. The standard InChI is InChI=1S/C17H26N2O2/c1-4-8-17(9-10-18-12-17)16(20)19-13(2)14-6-5-7-15(11-14)21-3/h5-7,11,13,18H,4,8-10,12H2,1-3H3,(H,19,20).